The standard InChI is InChI=1S/C10H21N3O/c1-3-12(4-2)7-5-8-13-9-6-11-10(13)14/h3-9H2,1-2H3,(H,11,14). The summed E-state index contributed by atoms with van der Waals surface area (Å²) in [4.78, 5) is 15.5. The largest absolute Gasteiger partial charge is 0.336 e. The Morgan fingerprint density at radius 2 is 2.14 bits per heavy atom. The Morgan fingerprint density at radius 1 is 1.43 bits per heavy atom. The van der Waals surface area contributed by atoms with Crippen LogP contribution in [-0.2, 0) is 0 Å². The van der Waals surface area contributed by atoms with Gasteiger partial charge in [-0.25, -0.2) is 4.79 Å². The van der Waals surface area contributed by atoms with Crippen LogP contribution in [0.5, 0.6) is 0 Å². The summed E-state index contributed by atoms with van der Waals surface area (Å²) in [5.74, 6) is 0. The first kappa shape index (κ1) is 11.3. The highest BCUT2D eigenvalue weighted by Crippen LogP contribution is 1.99. The number of nitrogens with one attached hydrogen (secondary N) is 1. The Kier molecular flexibility index (Phi) is 4.73. The van der Waals surface area contributed by atoms with Crippen molar-refractivity contribution in [3.8, 4) is 0 Å². The van der Waals surface area contributed by atoms with Crippen molar-refractivity contribution >= 4 is 6.03 Å². The van der Waals surface area contributed by atoms with E-state index in [1.54, 1.807) is 0 Å². The second kappa shape index (κ2) is 5.86. The van der Waals surface area contributed by atoms with Gasteiger partial charge in [0.15, 0.2) is 0 Å². The maximum atomic E-state index is 11.2. The van der Waals surface area contributed by atoms with E-state index in [4.69, 9.17) is 0 Å². The number of hydrogen-bond donors (Lipinski definition) is 1. The summed E-state index contributed by atoms with van der Waals surface area (Å²) in [5, 5.41) is 2.81. The Balaban J connectivity index is 2.11. The van der Waals surface area contributed by atoms with Crippen molar-refractivity contribution in [3.05, 3.63) is 0 Å². The SMILES string of the molecule is CCN(CC)CCCN1CCNC1=O. The van der Waals surface area contributed by atoms with Crippen molar-refractivity contribution in [1.29, 1.82) is 0 Å². The molecule has 0 spiro atoms. The molecular weight excluding hydrogens is 178 g/mol. The third-order valence-corrected chi connectivity index (χ3v) is 2.74. The minimum absolute atomic E-state index is 0.101. The first-order valence-corrected chi connectivity index (χ1v) is 5.53. The molecule has 0 radical (unpaired) electrons. The molecular formula is C10H21N3O. The van der Waals surface area contributed by atoms with Gasteiger partial charge in [0.25, 0.3) is 0 Å². The van der Waals surface area contributed by atoms with E-state index in [9.17, 15) is 4.79 Å². The molecule has 1 N–H and O–H groups in total. The summed E-state index contributed by atoms with van der Waals surface area (Å²) in [6.45, 7) is 10.2. The fourth-order valence-electron chi connectivity index (χ4n) is 1.75. The second-order valence-corrected chi connectivity index (χ2v) is 3.60. The molecule has 0 aromatic rings. The van der Waals surface area contributed by atoms with Crippen molar-refractivity contribution in [3.63, 3.8) is 0 Å². The Hall–Kier alpha value is -0.770. The van der Waals surface area contributed by atoms with Crippen LogP contribution >= 0.6 is 0 Å². The van der Waals surface area contributed by atoms with E-state index in [0.29, 0.717) is 0 Å². The van der Waals surface area contributed by atoms with Crippen LogP contribution < -0.4 is 5.32 Å². The van der Waals surface area contributed by atoms with Crippen LogP contribution in [-0.4, -0.2) is 55.1 Å². The zero-order chi connectivity index (χ0) is 10.4. The molecule has 1 rings (SSSR count). The van der Waals surface area contributed by atoms with Crippen LogP contribution in [0.25, 0.3) is 0 Å². The third-order valence-electron chi connectivity index (χ3n) is 2.74. The van der Waals surface area contributed by atoms with Crippen molar-refractivity contribution in [2.75, 3.05) is 39.3 Å². The fraction of sp³-hybridized carbons (Fsp3) is 0.900. The fourth-order valence-corrected chi connectivity index (χ4v) is 1.75. The van der Waals surface area contributed by atoms with Gasteiger partial charge in [0.05, 0.1) is 0 Å². The van der Waals surface area contributed by atoms with Gasteiger partial charge < -0.3 is 15.1 Å². The van der Waals surface area contributed by atoms with E-state index in [-0.39, 0.29) is 6.03 Å². The summed E-state index contributed by atoms with van der Waals surface area (Å²) in [5.41, 5.74) is 0. The van der Waals surface area contributed by atoms with Crippen LogP contribution in [0.15, 0.2) is 0 Å². The van der Waals surface area contributed by atoms with Gasteiger partial charge in [-0.1, -0.05) is 13.8 Å². The molecule has 1 saturated heterocycles. The summed E-state index contributed by atoms with van der Waals surface area (Å²) in [6, 6.07) is 0.101. The number of urea groups is 1. The normalized spacial score (nSPS) is 16.5. The van der Waals surface area contributed by atoms with Crippen molar-refractivity contribution < 1.29 is 4.79 Å². The van der Waals surface area contributed by atoms with E-state index in [1.807, 2.05) is 4.90 Å². The highest BCUT2D eigenvalue weighted by Gasteiger charge is 2.18. The molecule has 0 unspecified atom stereocenters. The molecule has 1 heterocycles. The quantitative estimate of drug-likeness (QED) is 0.685. The van der Waals surface area contributed by atoms with Gasteiger partial charge in [0.2, 0.25) is 0 Å². The first-order valence-electron chi connectivity index (χ1n) is 5.53. The van der Waals surface area contributed by atoms with Gasteiger partial charge >= 0.3 is 6.03 Å². The highest BCUT2D eigenvalue weighted by atomic mass is 16.2. The zero-order valence-corrected chi connectivity index (χ0v) is 9.25. The maximum Gasteiger partial charge on any atom is 0.317 e. The van der Waals surface area contributed by atoms with Gasteiger partial charge in [-0.05, 0) is 26.1 Å². The molecule has 0 bridgehead atoms. The van der Waals surface area contributed by atoms with E-state index in [2.05, 4.69) is 24.1 Å². The third kappa shape index (κ3) is 3.18. The molecule has 2 amide bonds. The van der Waals surface area contributed by atoms with Crippen molar-refractivity contribution in [1.82, 2.24) is 15.1 Å². The van der Waals surface area contributed by atoms with E-state index >= 15 is 0 Å². The first-order chi connectivity index (χ1) is 6.77. The van der Waals surface area contributed by atoms with Crippen LogP contribution in [0.4, 0.5) is 4.79 Å². The van der Waals surface area contributed by atoms with Gasteiger partial charge in [0, 0.05) is 19.6 Å². The number of nitrogens with zero attached hydrogens (tertiary/aromatic N) is 2. The minimum Gasteiger partial charge on any atom is -0.336 e. The lowest BCUT2D eigenvalue weighted by atomic mass is 10.3. The average molecular weight is 199 g/mol. The van der Waals surface area contributed by atoms with Crippen LogP contribution in [0.3, 0.4) is 0 Å². The molecule has 82 valence electrons. The topological polar surface area (TPSA) is 35.6 Å². The van der Waals surface area contributed by atoms with Gasteiger partial charge in [-0.15, -0.1) is 0 Å². The van der Waals surface area contributed by atoms with Crippen molar-refractivity contribution in [2.24, 2.45) is 0 Å². The lowest BCUT2D eigenvalue weighted by molar-refractivity contribution is 0.212. The lowest BCUT2D eigenvalue weighted by Gasteiger charge is -2.20. The minimum atomic E-state index is 0.101. The monoisotopic (exact) mass is 199 g/mol. The molecule has 0 atom stereocenters. The number of amides is 2. The molecule has 4 heteroatoms. The van der Waals surface area contributed by atoms with Gasteiger partial charge in [0.1, 0.15) is 0 Å². The van der Waals surface area contributed by atoms with E-state index in [1.165, 1.54) is 0 Å². The van der Waals surface area contributed by atoms with Crippen LogP contribution in [0, 0.1) is 0 Å². The number of rotatable bonds is 6. The van der Waals surface area contributed by atoms with Crippen LogP contribution in [0.2, 0.25) is 0 Å². The van der Waals surface area contributed by atoms with Gasteiger partial charge in [-0.3, -0.25) is 0 Å². The van der Waals surface area contributed by atoms with Gasteiger partial charge in [-0.2, -0.15) is 0 Å². The molecule has 14 heavy (non-hydrogen) atoms. The smallest absolute Gasteiger partial charge is 0.317 e. The predicted molar refractivity (Wildman–Crippen MR) is 57.4 cm³/mol. The highest BCUT2D eigenvalue weighted by molar-refractivity contribution is 5.76. The molecule has 0 aliphatic carbocycles. The molecule has 0 saturated carbocycles. The molecule has 1 aliphatic heterocycles. The molecule has 4 nitrogen and oxygen atoms in total. The van der Waals surface area contributed by atoms with Crippen LogP contribution in [0.1, 0.15) is 20.3 Å². The summed E-state index contributed by atoms with van der Waals surface area (Å²) in [6.07, 6.45) is 1.08. The number of carbonyl (C=O) groups is 1. The van der Waals surface area contributed by atoms with E-state index in [0.717, 1.165) is 45.7 Å². The number of hydrogen-bond acceptors (Lipinski definition) is 2. The Morgan fingerprint density at radius 3 is 2.64 bits per heavy atom. The molecule has 0 aromatic carbocycles. The number of carbonyl (C=O) groups excluding carboxylic acids is 1. The molecule has 1 fully saturated rings. The zero-order valence-electron chi connectivity index (χ0n) is 9.25. The molecule has 0 aromatic heterocycles. The average Bonchev–Trinajstić information content (AvgIpc) is 2.59. The lowest BCUT2D eigenvalue weighted by Crippen LogP contribution is -2.32. The molecule has 1 aliphatic rings. The predicted octanol–water partition coefficient (Wildman–Crippen LogP) is 0.744. The van der Waals surface area contributed by atoms with E-state index < -0.39 is 0 Å². The summed E-state index contributed by atoms with van der Waals surface area (Å²) >= 11 is 0. The summed E-state index contributed by atoms with van der Waals surface area (Å²) < 4.78 is 0. The Bertz CT molecular complexity index is 180. The summed E-state index contributed by atoms with van der Waals surface area (Å²) in [7, 11) is 0. The second-order valence-electron chi connectivity index (χ2n) is 3.60. The Labute approximate surface area is 86.2 Å². The maximum absolute atomic E-state index is 11.2. The van der Waals surface area contributed by atoms with Crippen molar-refractivity contribution in [2.45, 2.75) is 20.3 Å².